The predicted octanol–water partition coefficient (Wildman–Crippen LogP) is 1.16. The lowest BCUT2D eigenvalue weighted by molar-refractivity contribution is -0.118. The summed E-state index contributed by atoms with van der Waals surface area (Å²) in [7, 11) is 0. The predicted molar refractivity (Wildman–Crippen MR) is 83.1 cm³/mol. The average molecular weight is 295 g/mol. The van der Waals surface area contributed by atoms with Crippen molar-refractivity contribution in [3.05, 3.63) is 31.1 Å². The lowest BCUT2D eigenvalue weighted by Crippen LogP contribution is -2.48. The number of rotatable bonds is 2. The van der Waals surface area contributed by atoms with Gasteiger partial charge in [-0.1, -0.05) is 0 Å². The molecule has 3 N–H and O–H groups in total. The van der Waals surface area contributed by atoms with Gasteiger partial charge in [0.05, 0.1) is 6.20 Å². The topological polar surface area (TPSA) is 101 Å². The van der Waals surface area contributed by atoms with Crippen molar-refractivity contribution in [2.75, 3.05) is 11.4 Å². The minimum absolute atomic E-state index is 0.363. The van der Waals surface area contributed by atoms with Gasteiger partial charge in [-0.2, -0.15) is 5.10 Å². The molecule has 22 heavy (non-hydrogen) atoms. The van der Waals surface area contributed by atoms with Gasteiger partial charge in [-0.25, -0.2) is 4.98 Å². The first-order valence-corrected chi connectivity index (χ1v) is 7.22. The molecule has 111 valence electrons. The van der Waals surface area contributed by atoms with Gasteiger partial charge < -0.3 is 15.6 Å². The van der Waals surface area contributed by atoms with E-state index in [4.69, 9.17) is 5.73 Å². The van der Waals surface area contributed by atoms with Crippen molar-refractivity contribution < 1.29 is 4.79 Å². The Morgan fingerprint density at radius 3 is 3.18 bits per heavy atom. The molecule has 1 aliphatic rings. The first-order chi connectivity index (χ1) is 10.8. The summed E-state index contributed by atoms with van der Waals surface area (Å²) < 4.78 is 0. The molecule has 3 aromatic rings. The number of nitrogens with two attached hydrogens (primary N) is 1. The Morgan fingerprint density at radius 1 is 1.41 bits per heavy atom. The number of hydrogen-bond acceptors (Lipinski definition) is 5. The number of pyridine rings is 1. The number of amides is 1. The molecular weight excluding hydrogens is 280 g/mol. The Bertz CT molecular complexity index is 857. The van der Waals surface area contributed by atoms with E-state index in [2.05, 4.69) is 20.2 Å². The summed E-state index contributed by atoms with van der Waals surface area (Å²) in [5, 5.41) is 11.2. The molecule has 7 nitrogen and oxygen atoms in total. The molecule has 0 spiro atoms. The van der Waals surface area contributed by atoms with E-state index in [1.165, 1.54) is 0 Å². The third kappa shape index (κ3) is 1.89. The van der Waals surface area contributed by atoms with E-state index in [0.717, 1.165) is 41.2 Å². The van der Waals surface area contributed by atoms with Gasteiger partial charge in [0, 0.05) is 35.1 Å². The molecule has 0 saturated carbocycles. The molecular formula is C15H15N6O. The standard InChI is InChI=1S/C15H15N6O/c16-13(22)11-3-1-2-6-21(11)15-12-9(8-19-20-15)7-18-14-10(12)4-5-17-14/h3-5,7-8,11H,1-2,6H2,(H2,16,22)(H,17,18). The van der Waals surface area contributed by atoms with Crippen molar-refractivity contribution in [2.24, 2.45) is 5.73 Å². The molecule has 3 aromatic heterocycles. The summed E-state index contributed by atoms with van der Waals surface area (Å²) >= 11 is 0. The third-order valence-corrected chi connectivity index (χ3v) is 4.08. The van der Waals surface area contributed by atoms with E-state index in [-0.39, 0.29) is 5.91 Å². The molecule has 1 fully saturated rings. The number of piperidine rings is 1. The van der Waals surface area contributed by atoms with E-state index in [1.807, 2.05) is 23.6 Å². The van der Waals surface area contributed by atoms with Crippen LogP contribution >= 0.6 is 0 Å². The fraction of sp³-hybridized carbons (Fsp3) is 0.267. The van der Waals surface area contributed by atoms with Crippen LogP contribution in [0.25, 0.3) is 21.8 Å². The van der Waals surface area contributed by atoms with E-state index in [1.54, 1.807) is 12.4 Å². The minimum atomic E-state index is -0.448. The highest BCUT2D eigenvalue weighted by Crippen LogP contribution is 2.32. The third-order valence-electron chi connectivity index (χ3n) is 4.08. The van der Waals surface area contributed by atoms with Crippen LogP contribution in [0.4, 0.5) is 5.82 Å². The maximum atomic E-state index is 11.8. The molecule has 0 aliphatic carbocycles. The highest BCUT2D eigenvalue weighted by Gasteiger charge is 2.30. The van der Waals surface area contributed by atoms with Gasteiger partial charge in [-0.15, -0.1) is 5.10 Å². The molecule has 4 heterocycles. The van der Waals surface area contributed by atoms with E-state index >= 15 is 0 Å². The van der Waals surface area contributed by atoms with Crippen LogP contribution in [0.2, 0.25) is 0 Å². The first kappa shape index (κ1) is 13.0. The summed E-state index contributed by atoms with van der Waals surface area (Å²) in [6, 6.07) is 1.51. The monoisotopic (exact) mass is 295 g/mol. The smallest absolute Gasteiger partial charge is 0.240 e. The van der Waals surface area contributed by atoms with Crippen molar-refractivity contribution >= 4 is 33.5 Å². The fourth-order valence-corrected chi connectivity index (χ4v) is 3.08. The summed E-state index contributed by atoms with van der Waals surface area (Å²) in [4.78, 5) is 21.2. The Hall–Kier alpha value is -2.70. The van der Waals surface area contributed by atoms with Crippen molar-refractivity contribution in [1.82, 2.24) is 20.2 Å². The number of nitrogens with zero attached hydrogens (tertiary/aromatic N) is 4. The number of fused-ring (bicyclic) bond motifs is 3. The lowest BCUT2D eigenvalue weighted by Gasteiger charge is -2.34. The number of aromatic amines is 1. The number of carbonyl (C=O) groups is 1. The van der Waals surface area contributed by atoms with Crippen molar-refractivity contribution in [3.8, 4) is 0 Å². The highest BCUT2D eigenvalue weighted by atomic mass is 16.1. The van der Waals surface area contributed by atoms with Gasteiger partial charge in [0.15, 0.2) is 5.82 Å². The Kier molecular flexibility index (Phi) is 2.92. The van der Waals surface area contributed by atoms with Gasteiger partial charge in [0.25, 0.3) is 0 Å². The van der Waals surface area contributed by atoms with Gasteiger partial charge in [0.1, 0.15) is 11.7 Å². The van der Waals surface area contributed by atoms with E-state index in [0.29, 0.717) is 5.82 Å². The van der Waals surface area contributed by atoms with Crippen LogP contribution < -0.4 is 10.6 Å². The molecule has 0 bridgehead atoms. The number of hydrogen-bond donors (Lipinski definition) is 2. The average Bonchev–Trinajstić information content (AvgIpc) is 3.03. The van der Waals surface area contributed by atoms with E-state index in [9.17, 15) is 4.79 Å². The number of nitrogens with one attached hydrogen (secondary N) is 1. The Balaban J connectivity index is 1.97. The number of carbonyl (C=O) groups excluding carboxylic acids is 1. The van der Waals surface area contributed by atoms with Crippen LogP contribution in [0.5, 0.6) is 0 Å². The second-order valence-corrected chi connectivity index (χ2v) is 5.42. The Labute approximate surface area is 126 Å². The second kappa shape index (κ2) is 4.94. The SMILES string of the molecule is NC(=O)C1[CH]CCCN1c1nncc2cnc3[nH]ccc3c12. The molecule has 1 atom stereocenters. The molecule has 1 radical (unpaired) electrons. The highest BCUT2D eigenvalue weighted by molar-refractivity contribution is 6.10. The van der Waals surface area contributed by atoms with Crippen LogP contribution in [0.3, 0.4) is 0 Å². The summed E-state index contributed by atoms with van der Waals surface area (Å²) in [5.74, 6) is 0.321. The van der Waals surface area contributed by atoms with Crippen LogP contribution in [0.15, 0.2) is 24.7 Å². The van der Waals surface area contributed by atoms with Gasteiger partial charge in [0.2, 0.25) is 5.91 Å². The van der Waals surface area contributed by atoms with Crippen LogP contribution in [-0.2, 0) is 4.79 Å². The summed E-state index contributed by atoms with van der Waals surface area (Å²) in [6.45, 7) is 0.728. The van der Waals surface area contributed by atoms with Crippen molar-refractivity contribution in [1.29, 1.82) is 0 Å². The minimum Gasteiger partial charge on any atom is -0.368 e. The molecule has 7 heteroatoms. The Morgan fingerprint density at radius 2 is 2.32 bits per heavy atom. The summed E-state index contributed by atoms with van der Waals surface area (Å²) in [6.07, 6.45) is 9.08. The maximum Gasteiger partial charge on any atom is 0.240 e. The normalized spacial score (nSPS) is 18.9. The molecule has 1 amide bonds. The summed E-state index contributed by atoms with van der Waals surface area (Å²) in [5.41, 5.74) is 6.34. The number of anilines is 1. The lowest BCUT2D eigenvalue weighted by atomic mass is 10.0. The molecule has 1 aliphatic heterocycles. The second-order valence-electron chi connectivity index (χ2n) is 5.42. The van der Waals surface area contributed by atoms with Crippen molar-refractivity contribution in [2.45, 2.75) is 18.9 Å². The maximum absolute atomic E-state index is 11.8. The fourth-order valence-electron chi connectivity index (χ4n) is 3.08. The van der Waals surface area contributed by atoms with E-state index < -0.39 is 6.04 Å². The van der Waals surface area contributed by atoms with Crippen LogP contribution in [-0.4, -0.2) is 38.7 Å². The zero-order valence-electron chi connectivity index (χ0n) is 11.9. The number of H-pyrrole nitrogens is 1. The first-order valence-electron chi connectivity index (χ1n) is 7.22. The zero-order chi connectivity index (χ0) is 15.1. The van der Waals surface area contributed by atoms with Gasteiger partial charge in [-0.3, -0.25) is 4.79 Å². The number of primary amides is 1. The van der Waals surface area contributed by atoms with Gasteiger partial charge >= 0.3 is 0 Å². The van der Waals surface area contributed by atoms with Gasteiger partial charge in [-0.05, 0) is 25.3 Å². The molecule has 1 unspecified atom stereocenters. The zero-order valence-corrected chi connectivity index (χ0v) is 11.9. The van der Waals surface area contributed by atoms with Crippen LogP contribution in [0.1, 0.15) is 12.8 Å². The largest absolute Gasteiger partial charge is 0.368 e. The molecule has 1 saturated heterocycles. The number of aromatic nitrogens is 4. The quantitative estimate of drug-likeness (QED) is 0.739. The van der Waals surface area contributed by atoms with Crippen molar-refractivity contribution in [3.63, 3.8) is 0 Å². The molecule has 0 aromatic carbocycles. The van der Waals surface area contributed by atoms with Crippen LogP contribution in [0, 0.1) is 6.42 Å². The molecule has 4 rings (SSSR count).